The molecule has 0 aliphatic rings. The smallest absolute Gasteiger partial charge is 0.337 e. The van der Waals surface area contributed by atoms with Crippen LogP contribution in [0.25, 0.3) is 17.2 Å². The number of methoxy groups -OCH3 is 2. The Bertz CT molecular complexity index is 1110. The summed E-state index contributed by atoms with van der Waals surface area (Å²) in [5.74, 6) is 6.48. The molecular formula is C27H24O4. The molecule has 4 heteroatoms. The minimum atomic E-state index is -0.365. The van der Waals surface area contributed by atoms with Crippen molar-refractivity contribution in [1.82, 2.24) is 0 Å². The van der Waals surface area contributed by atoms with Gasteiger partial charge in [0.2, 0.25) is 0 Å². The highest BCUT2D eigenvalue weighted by atomic mass is 16.7. The van der Waals surface area contributed by atoms with Gasteiger partial charge in [0.25, 0.3) is 0 Å². The molecule has 0 radical (unpaired) electrons. The first-order chi connectivity index (χ1) is 15.1. The Morgan fingerprint density at radius 3 is 2.39 bits per heavy atom. The fourth-order valence-corrected chi connectivity index (χ4v) is 3.01. The highest BCUT2D eigenvalue weighted by Gasteiger charge is 2.09. The zero-order valence-electron chi connectivity index (χ0n) is 17.8. The van der Waals surface area contributed by atoms with Gasteiger partial charge in [0.05, 0.1) is 12.7 Å². The maximum absolute atomic E-state index is 11.5. The third-order valence-corrected chi connectivity index (χ3v) is 4.62. The molecule has 0 aliphatic heterocycles. The van der Waals surface area contributed by atoms with Gasteiger partial charge in [-0.15, -0.1) is 0 Å². The maximum atomic E-state index is 11.5. The molecule has 0 spiro atoms. The molecule has 3 rings (SSSR count). The number of rotatable bonds is 6. The van der Waals surface area contributed by atoms with E-state index in [9.17, 15) is 4.79 Å². The molecular weight excluding hydrogens is 388 g/mol. The number of aryl methyl sites for hydroxylation is 1. The third kappa shape index (κ3) is 5.85. The van der Waals surface area contributed by atoms with Crippen LogP contribution in [-0.4, -0.2) is 27.0 Å². The van der Waals surface area contributed by atoms with Gasteiger partial charge < -0.3 is 14.2 Å². The Labute approximate surface area is 183 Å². The van der Waals surface area contributed by atoms with Crippen LogP contribution in [0.15, 0.2) is 72.8 Å². The van der Waals surface area contributed by atoms with E-state index in [0.29, 0.717) is 5.56 Å². The number of carbonyl (C=O) groups is 1. The van der Waals surface area contributed by atoms with Crippen molar-refractivity contribution in [2.24, 2.45) is 0 Å². The number of benzene rings is 3. The molecule has 156 valence electrons. The van der Waals surface area contributed by atoms with Crippen molar-refractivity contribution < 1.29 is 19.0 Å². The van der Waals surface area contributed by atoms with Crippen LogP contribution in [0.1, 0.15) is 27.0 Å². The first-order valence-electron chi connectivity index (χ1n) is 9.80. The number of esters is 1. The van der Waals surface area contributed by atoms with E-state index in [1.54, 1.807) is 37.5 Å². The SMILES string of the molecule is COCOc1cccc(-c2ccc(C)cc2)c1/C=C/C#Cc1ccc(C(=O)OC)cc1. The van der Waals surface area contributed by atoms with E-state index in [-0.39, 0.29) is 12.8 Å². The maximum Gasteiger partial charge on any atom is 0.337 e. The lowest BCUT2D eigenvalue weighted by atomic mass is 9.97. The fraction of sp³-hybridized carbons (Fsp3) is 0.148. The molecule has 31 heavy (non-hydrogen) atoms. The molecule has 0 atom stereocenters. The highest BCUT2D eigenvalue weighted by molar-refractivity contribution is 5.89. The van der Waals surface area contributed by atoms with E-state index in [1.165, 1.54) is 12.7 Å². The number of hydrogen-bond donors (Lipinski definition) is 0. The lowest BCUT2D eigenvalue weighted by molar-refractivity contribution is 0.0510. The summed E-state index contributed by atoms with van der Waals surface area (Å²) in [4.78, 5) is 11.5. The summed E-state index contributed by atoms with van der Waals surface area (Å²) < 4.78 is 15.6. The summed E-state index contributed by atoms with van der Waals surface area (Å²) in [5, 5.41) is 0. The summed E-state index contributed by atoms with van der Waals surface area (Å²) >= 11 is 0. The molecule has 0 heterocycles. The molecule has 4 nitrogen and oxygen atoms in total. The Balaban J connectivity index is 1.89. The van der Waals surface area contributed by atoms with Crippen molar-refractivity contribution in [2.75, 3.05) is 21.0 Å². The van der Waals surface area contributed by atoms with Gasteiger partial charge in [0.15, 0.2) is 6.79 Å². The van der Waals surface area contributed by atoms with E-state index in [1.807, 2.05) is 18.2 Å². The normalized spacial score (nSPS) is 10.4. The van der Waals surface area contributed by atoms with E-state index in [0.717, 1.165) is 28.0 Å². The Morgan fingerprint density at radius 2 is 1.71 bits per heavy atom. The molecule has 0 bridgehead atoms. The van der Waals surface area contributed by atoms with Crippen molar-refractivity contribution in [2.45, 2.75) is 6.92 Å². The van der Waals surface area contributed by atoms with Gasteiger partial charge in [0.1, 0.15) is 5.75 Å². The van der Waals surface area contributed by atoms with Crippen molar-refractivity contribution >= 4 is 12.0 Å². The van der Waals surface area contributed by atoms with Gasteiger partial charge in [-0.2, -0.15) is 0 Å². The van der Waals surface area contributed by atoms with Gasteiger partial charge in [-0.3, -0.25) is 0 Å². The Kier molecular flexibility index (Phi) is 7.64. The van der Waals surface area contributed by atoms with Gasteiger partial charge >= 0.3 is 5.97 Å². The topological polar surface area (TPSA) is 44.8 Å². The van der Waals surface area contributed by atoms with Crippen molar-refractivity contribution in [3.63, 3.8) is 0 Å². The Morgan fingerprint density at radius 1 is 0.968 bits per heavy atom. The van der Waals surface area contributed by atoms with Crippen LogP contribution in [0.2, 0.25) is 0 Å². The van der Waals surface area contributed by atoms with E-state index >= 15 is 0 Å². The number of ether oxygens (including phenoxy) is 3. The zero-order valence-corrected chi connectivity index (χ0v) is 17.8. The van der Waals surface area contributed by atoms with Crippen molar-refractivity contribution in [3.8, 4) is 28.7 Å². The third-order valence-electron chi connectivity index (χ3n) is 4.62. The number of allylic oxidation sites excluding steroid dienone is 1. The van der Waals surface area contributed by atoms with Crippen LogP contribution in [0, 0.1) is 18.8 Å². The van der Waals surface area contributed by atoms with E-state index in [2.05, 4.69) is 49.1 Å². The number of carbonyl (C=O) groups excluding carboxylic acids is 1. The van der Waals surface area contributed by atoms with Gasteiger partial charge in [-0.05, 0) is 60.5 Å². The largest absolute Gasteiger partial charge is 0.467 e. The van der Waals surface area contributed by atoms with Crippen LogP contribution in [-0.2, 0) is 9.47 Å². The summed E-state index contributed by atoms with van der Waals surface area (Å²) in [7, 11) is 2.95. The predicted octanol–water partition coefficient (Wildman–Crippen LogP) is 5.50. The lowest BCUT2D eigenvalue weighted by Gasteiger charge is -2.13. The molecule has 0 fully saturated rings. The average Bonchev–Trinajstić information content (AvgIpc) is 2.81. The van der Waals surface area contributed by atoms with Crippen LogP contribution >= 0.6 is 0 Å². The molecule has 0 aliphatic carbocycles. The standard InChI is InChI=1S/C27H24O4/c1-20-11-15-22(16-12-20)24-9-6-10-26(31-19-29-2)25(24)8-5-4-7-21-13-17-23(18-14-21)27(28)30-3/h5-6,8-18H,19H2,1-3H3/b8-5+. The fourth-order valence-electron chi connectivity index (χ4n) is 3.01. The van der Waals surface area contributed by atoms with Gasteiger partial charge in [-0.1, -0.05) is 53.8 Å². The quantitative estimate of drug-likeness (QED) is 0.305. The second-order valence-electron chi connectivity index (χ2n) is 6.81. The number of hydrogen-bond acceptors (Lipinski definition) is 4. The molecule has 0 unspecified atom stereocenters. The monoisotopic (exact) mass is 412 g/mol. The van der Waals surface area contributed by atoms with Crippen LogP contribution < -0.4 is 4.74 Å². The average molecular weight is 412 g/mol. The summed E-state index contributed by atoms with van der Waals surface area (Å²) in [6.07, 6.45) is 3.73. The molecule has 0 saturated carbocycles. The van der Waals surface area contributed by atoms with Gasteiger partial charge in [-0.25, -0.2) is 4.79 Å². The summed E-state index contributed by atoms with van der Waals surface area (Å²) in [6, 6.07) is 21.3. The summed E-state index contributed by atoms with van der Waals surface area (Å²) in [5.41, 5.74) is 5.58. The van der Waals surface area contributed by atoms with E-state index in [4.69, 9.17) is 14.2 Å². The van der Waals surface area contributed by atoms with E-state index < -0.39 is 0 Å². The highest BCUT2D eigenvalue weighted by Crippen LogP contribution is 2.32. The molecule has 3 aromatic carbocycles. The second kappa shape index (κ2) is 10.8. The van der Waals surface area contributed by atoms with Crippen LogP contribution in [0.3, 0.4) is 0 Å². The first-order valence-corrected chi connectivity index (χ1v) is 9.80. The molecule has 0 saturated heterocycles. The minimum absolute atomic E-state index is 0.163. The second-order valence-corrected chi connectivity index (χ2v) is 6.81. The van der Waals surface area contributed by atoms with Gasteiger partial charge in [0, 0.05) is 18.2 Å². The minimum Gasteiger partial charge on any atom is -0.467 e. The van der Waals surface area contributed by atoms with Crippen LogP contribution in [0.4, 0.5) is 0 Å². The first kappa shape index (κ1) is 21.9. The van der Waals surface area contributed by atoms with Crippen molar-refractivity contribution in [3.05, 3.63) is 95.1 Å². The zero-order chi connectivity index (χ0) is 22.1. The predicted molar refractivity (Wildman–Crippen MR) is 123 cm³/mol. The van der Waals surface area contributed by atoms with Crippen molar-refractivity contribution in [1.29, 1.82) is 0 Å². The lowest BCUT2D eigenvalue weighted by Crippen LogP contribution is -2.01. The molecule has 0 amide bonds. The molecule has 0 N–H and O–H groups in total. The molecule has 0 aromatic heterocycles. The Hall–Kier alpha value is -3.81. The summed E-state index contributed by atoms with van der Waals surface area (Å²) in [6.45, 7) is 2.23. The molecule has 3 aromatic rings. The van der Waals surface area contributed by atoms with Crippen LogP contribution in [0.5, 0.6) is 5.75 Å².